The zero-order chi connectivity index (χ0) is 36.8. The van der Waals surface area contributed by atoms with E-state index in [0.717, 1.165) is 16.7 Å². The van der Waals surface area contributed by atoms with E-state index in [1.54, 1.807) is 34.8 Å². The van der Waals surface area contributed by atoms with Crippen LogP contribution in [0.2, 0.25) is 0 Å². The lowest BCUT2D eigenvalue weighted by Gasteiger charge is -2.60. The van der Waals surface area contributed by atoms with Gasteiger partial charge in [-0.3, -0.25) is 24.2 Å². The second-order valence-corrected chi connectivity index (χ2v) is 14.2. The quantitative estimate of drug-likeness (QED) is 0.287. The number of likely N-dealkylation sites (N-methyl/N-ethyl adjacent to an activating group) is 1. The van der Waals surface area contributed by atoms with E-state index in [2.05, 4.69) is 27.7 Å². The summed E-state index contributed by atoms with van der Waals surface area (Å²) in [5.41, 5.74) is 2.68. The highest BCUT2D eigenvalue weighted by Gasteiger charge is 2.58. The summed E-state index contributed by atoms with van der Waals surface area (Å²) in [6.07, 6.45) is -0.0997. The molecule has 0 spiro atoms. The molecule has 1 aromatic rings. The topological polar surface area (TPSA) is 169 Å². The monoisotopic (exact) mass is 693 g/mol. The number of alkyl carbamates (subject to hydrolysis) is 1. The summed E-state index contributed by atoms with van der Waals surface area (Å²) in [4.78, 5) is 58.1. The Bertz CT molecular complexity index is 1700. The number of amides is 2. The van der Waals surface area contributed by atoms with Crippen molar-refractivity contribution in [2.75, 3.05) is 41.7 Å². The van der Waals surface area contributed by atoms with Crippen LogP contribution in [-0.2, 0) is 35.0 Å². The number of piperazine rings is 1. The van der Waals surface area contributed by atoms with E-state index in [1.807, 2.05) is 18.9 Å². The standard InChI is InChI=1S/C36H47N5O9/c1-17-11-20-12-22-24(14-37)41-23(28(40(22)7)26(20)33(31(17)47-9)49-16-46-8)13-21-27(30(43)32(48-10)18(2)29(21)42)25(41)15-38-34(44)19(3)39-35(45)50-36(4,5)6/h11,19,22-25,28H,12-13,15-16H2,1-10H3,(H,38,44)(H,39,45)/t19-,22+,23?,24+,25+,28+/m1/s1. The number of nitriles is 1. The van der Waals surface area contributed by atoms with Crippen molar-refractivity contribution in [2.45, 2.75) is 96.2 Å². The number of aryl methyl sites for hydroxylation is 1. The Kier molecular flexibility index (Phi) is 10.3. The lowest BCUT2D eigenvalue weighted by molar-refractivity contribution is -0.125. The van der Waals surface area contributed by atoms with Crippen molar-refractivity contribution in [3.8, 4) is 17.6 Å². The number of ether oxygens (including phenoxy) is 5. The molecule has 1 aliphatic carbocycles. The van der Waals surface area contributed by atoms with Crippen LogP contribution in [0.25, 0.3) is 0 Å². The van der Waals surface area contributed by atoms with Crippen LogP contribution in [0.15, 0.2) is 28.5 Å². The van der Waals surface area contributed by atoms with Crippen molar-refractivity contribution in [1.29, 1.82) is 5.26 Å². The molecule has 2 amide bonds. The predicted molar refractivity (Wildman–Crippen MR) is 180 cm³/mol. The number of carbonyl (C=O) groups excluding carboxylic acids is 4. The minimum absolute atomic E-state index is 0.0302. The molecule has 1 aromatic carbocycles. The van der Waals surface area contributed by atoms with Gasteiger partial charge in [-0.15, -0.1) is 0 Å². The van der Waals surface area contributed by atoms with Gasteiger partial charge in [0.05, 0.1) is 32.4 Å². The van der Waals surface area contributed by atoms with Gasteiger partial charge in [0.25, 0.3) is 0 Å². The zero-order valence-electron chi connectivity index (χ0n) is 30.4. The normalized spacial score (nSPS) is 25.5. The summed E-state index contributed by atoms with van der Waals surface area (Å²) >= 11 is 0. The van der Waals surface area contributed by atoms with E-state index < -0.39 is 53.6 Å². The molecule has 6 atom stereocenters. The van der Waals surface area contributed by atoms with Gasteiger partial charge in [-0.25, -0.2) is 4.79 Å². The molecule has 0 aromatic heterocycles. The van der Waals surface area contributed by atoms with E-state index in [9.17, 15) is 24.4 Å². The molecule has 14 nitrogen and oxygen atoms in total. The molecule has 270 valence electrons. The van der Waals surface area contributed by atoms with Gasteiger partial charge in [-0.2, -0.15) is 5.26 Å². The van der Waals surface area contributed by atoms with E-state index in [1.165, 1.54) is 21.1 Å². The number of methoxy groups -OCH3 is 3. The van der Waals surface area contributed by atoms with Gasteiger partial charge in [0.2, 0.25) is 11.7 Å². The van der Waals surface area contributed by atoms with Gasteiger partial charge in [0.1, 0.15) is 17.7 Å². The van der Waals surface area contributed by atoms with Gasteiger partial charge in [0.15, 0.2) is 29.8 Å². The number of rotatable bonds is 9. The summed E-state index contributed by atoms with van der Waals surface area (Å²) < 4.78 is 28.1. The van der Waals surface area contributed by atoms with E-state index in [4.69, 9.17) is 23.7 Å². The number of Topliss-reactive ketones (excluding diaryl/α,β-unsaturated/α-hetero) is 2. The molecular weight excluding hydrogens is 646 g/mol. The summed E-state index contributed by atoms with van der Waals surface area (Å²) in [5, 5.41) is 16.2. The summed E-state index contributed by atoms with van der Waals surface area (Å²) in [7, 11) is 6.41. The van der Waals surface area contributed by atoms with Gasteiger partial charge in [0, 0.05) is 48.0 Å². The Balaban J connectivity index is 1.62. The summed E-state index contributed by atoms with van der Waals surface area (Å²) in [6, 6.07) is 0.775. The molecule has 1 saturated heterocycles. The first-order valence-corrected chi connectivity index (χ1v) is 16.7. The maximum atomic E-state index is 14.1. The number of benzene rings is 1. The highest BCUT2D eigenvalue weighted by molar-refractivity contribution is 6.25. The third-order valence-electron chi connectivity index (χ3n) is 9.96. The molecule has 1 fully saturated rings. The summed E-state index contributed by atoms with van der Waals surface area (Å²) in [5.74, 6) is -0.298. The first kappa shape index (κ1) is 36.8. The molecule has 3 aliphatic heterocycles. The van der Waals surface area contributed by atoms with Crippen molar-refractivity contribution in [3.63, 3.8) is 0 Å². The largest absolute Gasteiger partial charge is 0.493 e. The van der Waals surface area contributed by atoms with Gasteiger partial charge >= 0.3 is 6.09 Å². The van der Waals surface area contributed by atoms with Crippen LogP contribution in [0, 0.1) is 18.3 Å². The van der Waals surface area contributed by atoms with Gasteiger partial charge in [-0.1, -0.05) is 6.07 Å². The molecule has 3 heterocycles. The lowest BCUT2D eigenvalue weighted by Crippen LogP contribution is -2.71. The van der Waals surface area contributed by atoms with Crippen LogP contribution in [0.1, 0.15) is 63.8 Å². The van der Waals surface area contributed by atoms with Crippen molar-refractivity contribution in [1.82, 2.24) is 20.4 Å². The number of allylic oxidation sites excluding steroid dienone is 2. The van der Waals surface area contributed by atoms with E-state index in [0.29, 0.717) is 23.5 Å². The number of hydrogen-bond donors (Lipinski definition) is 2. The Morgan fingerprint density at radius 3 is 2.36 bits per heavy atom. The van der Waals surface area contributed by atoms with Crippen LogP contribution < -0.4 is 20.1 Å². The second-order valence-electron chi connectivity index (χ2n) is 14.2. The molecule has 2 bridgehead atoms. The molecule has 1 unspecified atom stereocenters. The average Bonchev–Trinajstić information content (AvgIpc) is 3.04. The average molecular weight is 694 g/mol. The molecule has 5 rings (SSSR count). The number of fused-ring (bicyclic) bond motifs is 6. The smallest absolute Gasteiger partial charge is 0.408 e. The Morgan fingerprint density at radius 2 is 1.76 bits per heavy atom. The molecule has 4 aliphatic rings. The fourth-order valence-corrected chi connectivity index (χ4v) is 7.95. The third-order valence-corrected chi connectivity index (χ3v) is 9.96. The van der Waals surface area contributed by atoms with Crippen molar-refractivity contribution in [3.05, 3.63) is 45.2 Å². The Labute approximate surface area is 292 Å². The molecule has 0 saturated carbocycles. The Morgan fingerprint density at radius 1 is 1.06 bits per heavy atom. The number of nitrogens with zero attached hydrogens (tertiary/aromatic N) is 3. The highest BCUT2D eigenvalue weighted by Crippen LogP contribution is 2.54. The third kappa shape index (κ3) is 6.34. The first-order valence-electron chi connectivity index (χ1n) is 16.7. The van der Waals surface area contributed by atoms with Crippen molar-refractivity contribution >= 4 is 23.6 Å². The highest BCUT2D eigenvalue weighted by atomic mass is 16.7. The van der Waals surface area contributed by atoms with E-state index >= 15 is 0 Å². The molecule has 0 radical (unpaired) electrons. The number of ketones is 2. The van der Waals surface area contributed by atoms with Crippen LogP contribution in [0.3, 0.4) is 0 Å². The molecular formula is C36H47N5O9. The van der Waals surface area contributed by atoms with Crippen LogP contribution in [0.5, 0.6) is 11.5 Å². The zero-order valence-corrected chi connectivity index (χ0v) is 30.4. The molecule has 14 heteroatoms. The van der Waals surface area contributed by atoms with Gasteiger partial charge in [-0.05, 0) is 72.6 Å². The molecule has 50 heavy (non-hydrogen) atoms. The number of hydrogen-bond acceptors (Lipinski definition) is 12. The van der Waals surface area contributed by atoms with Gasteiger partial charge < -0.3 is 34.3 Å². The maximum Gasteiger partial charge on any atom is 0.408 e. The van der Waals surface area contributed by atoms with Crippen LogP contribution in [0.4, 0.5) is 4.79 Å². The predicted octanol–water partition coefficient (Wildman–Crippen LogP) is 2.63. The fraction of sp³-hybridized carbons (Fsp3) is 0.583. The first-order chi connectivity index (χ1) is 23.6. The minimum atomic E-state index is -0.986. The lowest BCUT2D eigenvalue weighted by atomic mass is 9.69. The minimum Gasteiger partial charge on any atom is -0.493 e. The number of nitrogens with one attached hydrogen (secondary N) is 2. The van der Waals surface area contributed by atoms with Crippen molar-refractivity contribution in [2.24, 2.45) is 0 Å². The number of carbonyl (C=O) groups is 4. The summed E-state index contributed by atoms with van der Waals surface area (Å²) in [6.45, 7) is 10.0. The van der Waals surface area contributed by atoms with Crippen LogP contribution in [-0.4, -0.2) is 111 Å². The fourth-order valence-electron chi connectivity index (χ4n) is 7.95. The Hall–Kier alpha value is -4.45. The van der Waals surface area contributed by atoms with Crippen molar-refractivity contribution < 1.29 is 42.9 Å². The SMILES string of the molecule is COCOc1c(OC)c(C)cc2c1[C@@H]1C3CC4=C(C(=O)C(OC)=C(C)C4=O)[C@H](CNC(=O)[C@@H](C)NC(=O)OC(C)(C)C)N3[C@@H](C#N)[C@H](C2)N1C. The van der Waals surface area contributed by atoms with Crippen LogP contribution >= 0.6 is 0 Å². The van der Waals surface area contributed by atoms with E-state index in [-0.39, 0.29) is 48.5 Å². The second kappa shape index (κ2) is 14.0. The molecule has 2 N–H and O–H groups in total. The maximum absolute atomic E-state index is 14.1.